The van der Waals surface area contributed by atoms with Crippen LogP contribution < -0.4 is 0 Å². The Morgan fingerprint density at radius 1 is 1.00 bits per heavy atom. The maximum absolute atomic E-state index is 11.9. The fraction of sp³-hybridized carbons (Fsp3) is 0.880. The van der Waals surface area contributed by atoms with Crippen LogP contribution in [0, 0.1) is 28.6 Å². The molecule has 0 amide bonds. The molecular formula is C25H43NO5S. The SMILES string of the molecule is CCN(CC)CC.C[C@]12CC[C@H]3[C@@H](CCC4=CC(=O)CC[C@@]43C)[C@@H]1CC[C@H]2OS(=O)(=O)O. The molecule has 7 heteroatoms. The molecule has 6 nitrogen and oxygen atoms in total. The van der Waals surface area contributed by atoms with E-state index in [1.807, 2.05) is 6.08 Å². The molecule has 0 aromatic heterocycles. The summed E-state index contributed by atoms with van der Waals surface area (Å²) >= 11 is 0. The minimum Gasteiger partial charge on any atom is -0.304 e. The van der Waals surface area contributed by atoms with Gasteiger partial charge in [0.05, 0.1) is 6.10 Å². The number of carbonyl (C=O) groups is 1. The third-order valence-corrected chi connectivity index (χ3v) is 9.93. The second-order valence-corrected chi connectivity index (χ2v) is 11.8. The third kappa shape index (κ3) is 5.01. The van der Waals surface area contributed by atoms with Crippen molar-refractivity contribution in [2.75, 3.05) is 19.6 Å². The van der Waals surface area contributed by atoms with Crippen LogP contribution in [-0.4, -0.2) is 49.4 Å². The van der Waals surface area contributed by atoms with Gasteiger partial charge in [-0.3, -0.25) is 9.35 Å². The van der Waals surface area contributed by atoms with Crippen LogP contribution in [0.25, 0.3) is 0 Å². The molecule has 0 aliphatic heterocycles. The zero-order valence-corrected chi connectivity index (χ0v) is 21.4. The molecule has 3 fully saturated rings. The van der Waals surface area contributed by atoms with E-state index in [0.717, 1.165) is 38.5 Å². The average Bonchev–Trinajstić information content (AvgIpc) is 3.05. The van der Waals surface area contributed by atoms with Crippen LogP contribution in [0.5, 0.6) is 0 Å². The predicted molar refractivity (Wildman–Crippen MR) is 127 cm³/mol. The highest BCUT2D eigenvalue weighted by atomic mass is 32.3. The first-order valence-electron chi connectivity index (χ1n) is 12.6. The van der Waals surface area contributed by atoms with Crippen molar-refractivity contribution in [2.24, 2.45) is 28.6 Å². The number of rotatable bonds is 5. The van der Waals surface area contributed by atoms with E-state index in [-0.39, 0.29) is 16.6 Å². The summed E-state index contributed by atoms with van der Waals surface area (Å²) in [4.78, 5) is 14.2. The Balaban J connectivity index is 0.000000360. The zero-order valence-electron chi connectivity index (χ0n) is 20.6. The Labute approximate surface area is 195 Å². The molecule has 0 radical (unpaired) electrons. The summed E-state index contributed by atoms with van der Waals surface area (Å²) < 4.78 is 36.7. The lowest BCUT2D eigenvalue weighted by Gasteiger charge is -2.57. The summed E-state index contributed by atoms with van der Waals surface area (Å²) in [6.07, 6.45) is 8.80. The van der Waals surface area contributed by atoms with Gasteiger partial charge < -0.3 is 4.90 Å². The van der Waals surface area contributed by atoms with Crippen molar-refractivity contribution in [3.8, 4) is 0 Å². The molecule has 0 heterocycles. The molecule has 1 N–H and O–H groups in total. The molecule has 32 heavy (non-hydrogen) atoms. The van der Waals surface area contributed by atoms with Crippen LogP contribution >= 0.6 is 0 Å². The van der Waals surface area contributed by atoms with E-state index in [1.165, 1.54) is 25.2 Å². The molecule has 0 unspecified atom stereocenters. The van der Waals surface area contributed by atoms with Crippen LogP contribution in [0.15, 0.2) is 11.6 Å². The largest absolute Gasteiger partial charge is 0.397 e. The van der Waals surface area contributed by atoms with Crippen molar-refractivity contribution in [3.05, 3.63) is 11.6 Å². The lowest BCUT2D eigenvalue weighted by atomic mass is 9.47. The summed E-state index contributed by atoms with van der Waals surface area (Å²) in [7, 11) is -4.41. The molecule has 3 saturated carbocycles. The molecule has 0 saturated heterocycles. The van der Waals surface area contributed by atoms with Gasteiger partial charge in [0.1, 0.15) is 0 Å². The number of carbonyl (C=O) groups excluding carboxylic acids is 1. The van der Waals surface area contributed by atoms with E-state index in [4.69, 9.17) is 8.74 Å². The van der Waals surface area contributed by atoms with Crippen molar-refractivity contribution < 1.29 is 21.9 Å². The molecule has 4 aliphatic carbocycles. The fourth-order valence-electron chi connectivity index (χ4n) is 7.49. The quantitative estimate of drug-likeness (QED) is 0.567. The predicted octanol–water partition coefficient (Wildman–Crippen LogP) is 5.05. The van der Waals surface area contributed by atoms with Gasteiger partial charge in [-0.1, -0.05) is 40.2 Å². The highest BCUT2D eigenvalue weighted by molar-refractivity contribution is 7.80. The molecule has 0 spiro atoms. The number of nitrogens with zero attached hydrogens (tertiary/aromatic N) is 1. The molecule has 0 aromatic rings. The van der Waals surface area contributed by atoms with Gasteiger partial charge in [0, 0.05) is 6.42 Å². The number of fused-ring (bicyclic) bond motifs is 5. The van der Waals surface area contributed by atoms with E-state index >= 15 is 0 Å². The summed E-state index contributed by atoms with van der Waals surface area (Å²) in [6, 6.07) is 0. The summed E-state index contributed by atoms with van der Waals surface area (Å²) in [5.74, 6) is 1.84. The first-order valence-corrected chi connectivity index (χ1v) is 14.0. The number of ketones is 1. The van der Waals surface area contributed by atoms with Crippen molar-refractivity contribution in [1.29, 1.82) is 0 Å². The average molecular weight is 470 g/mol. The Morgan fingerprint density at radius 3 is 2.22 bits per heavy atom. The van der Waals surface area contributed by atoms with Gasteiger partial charge >= 0.3 is 10.4 Å². The van der Waals surface area contributed by atoms with Gasteiger partial charge in [0.2, 0.25) is 0 Å². The lowest BCUT2D eigenvalue weighted by molar-refractivity contribution is -0.117. The van der Waals surface area contributed by atoms with E-state index in [9.17, 15) is 13.2 Å². The number of allylic oxidation sites excluding steroid dienone is 1. The smallest absolute Gasteiger partial charge is 0.304 e. The highest BCUT2D eigenvalue weighted by Gasteiger charge is 2.60. The summed E-state index contributed by atoms with van der Waals surface area (Å²) in [6.45, 7) is 14.6. The Bertz CT molecular complexity index is 815. The molecular weight excluding hydrogens is 426 g/mol. The highest BCUT2D eigenvalue weighted by Crippen LogP contribution is 2.65. The molecule has 184 valence electrons. The van der Waals surface area contributed by atoms with Crippen molar-refractivity contribution >= 4 is 16.2 Å². The molecule has 0 bridgehead atoms. The van der Waals surface area contributed by atoms with Gasteiger partial charge in [-0.2, -0.15) is 8.42 Å². The first kappa shape index (κ1) is 25.9. The second kappa shape index (κ2) is 9.85. The Morgan fingerprint density at radius 2 is 1.66 bits per heavy atom. The van der Waals surface area contributed by atoms with Crippen molar-refractivity contribution in [2.45, 2.75) is 92.1 Å². The van der Waals surface area contributed by atoms with Crippen LogP contribution in [0.3, 0.4) is 0 Å². The molecule has 0 aromatic carbocycles. The minimum atomic E-state index is -4.41. The summed E-state index contributed by atoms with van der Waals surface area (Å²) in [5.41, 5.74) is 1.29. The minimum absolute atomic E-state index is 0.125. The van der Waals surface area contributed by atoms with E-state index in [0.29, 0.717) is 30.6 Å². The van der Waals surface area contributed by atoms with Crippen LogP contribution in [0.2, 0.25) is 0 Å². The Kier molecular flexibility index (Phi) is 7.96. The van der Waals surface area contributed by atoms with Gasteiger partial charge in [0.15, 0.2) is 5.78 Å². The first-order chi connectivity index (χ1) is 15.0. The van der Waals surface area contributed by atoms with Crippen LogP contribution in [0.4, 0.5) is 0 Å². The summed E-state index contributed by atoms with van der Waals surface area (Å²) in [5, 5.41) is 0. The third-order valence-electron chi connectivity index (χ3n) is 9.45. The van der Waals surface area contributed by atoms with Gasteiger partial charge in [0.25, 0.3) is 0 Å². The lowest BCUT2D eigenvalue weighted by Crippen LogP contribution is -2.51. The normalized spacial score (nSPS) is 38.8. The maximum Gasteiger partial charge on any atom is 0.397 e. The van der Waals surface area contributed by atoms with Crippen LogP contribution in [-0.2, 0) is 19.4 Å². The van der Waals surface area contributed by atoms with Gasteiger partial charge in [-0.25, -0.2) is 4.18 Å². The topological polar surface area (TPSA) is 83.9 Å². The number of hydrogen-bond donors (Lipinski definition) is 1. The monoisotopic (exact) mass is 469 g/mol. The molecule has 4 rings (SSSR count). The second-order valence-electron chi connectivity index (χ2n) is 10.7. The fourth-order valence-corrected chi connectivity index (χ4v) is 8.10. The van der Waals surface area contributed by atoms with E-state index in [2.05, 4.69) is 39.5 Å². The molecule has 6 atom stereocenters. The van der Waals surface area contributed by atoms with E-state index in [1.54, 1.807) is 0 Å². The van der Waals surface area contributed by atoms with E-state index < -0.39 is 16.5 Å². The molecule has 4 aliphatic rings. The van der Waals surface area contributed by atoms with Gasteiger partial charge in [-0.05, 0) is 99.2 Å². The number of hydrogen-bond acceptors (Lipinski definition) is 5. The zero-order chi connectivity index (χ0) is 23.7. The van der Waals surface area contributed by atoms with Crippen molar-refractivity contribution in [3.63, 3.8) is 0 Å². The Hall–Kier alpha value is -0.760. The van der Waals surface area contributed by atoms with Crippen molar-refractivity contribution in [1.82, 2.24) is 4.90 Å². The van der Waals surface area contributed by atoms with Crippen LogP contribution in [0.1, 0.15) is 86.0 Å². The standard InChI is InChI=1S/C19H28O5S.C6H15N/c1-18-9-7-13(20)11-12(18)3-4-14-15-5-6-17(24-25(21,22)23)19(15,2)10-8-16(14)18;1-4-7(5-2)6-3/h11,14-17H,3-10H2,1-2H3,(H,21,22,23);4-6H2,1-3H3/t14-,15-,16-,17+,18-,19-;/m0./s1. The maximum atomic E-state index is 11.9. The van der Waals surface area contributed by atoms with Gasteiger partial charge in [-0.15, -0.1) is 0 Å².